The van der Waals surface area contributed by atoms with Gasteiger partial charge in [-0.05, 0) is 37.3 Å². The van der Waals surface area contributed by atoms with Gasteiger partial charge in [-0.15, -0.1) is 0 Å². The van der Waals surface area contributed by atoms with Gasteiger partial charge >= 0.3 is 0 Å². The predicted octanol–water partition coefficient (Wildman–Crippen LogP) is 3.32. The van der Waals surface area contributed by atoms with Crippen LogP contribution >= 0.6 is 0 Å². The maximum absolute atomic E-state index is 14.8. The van der Waals surface area contributed by atoms with E-state index in [2.05, 4.69) is 38.5 Å². The van der Waals surface area contributed by atoms with Gasteiger partial charge in [0.05, 0.1) is 17.0 Å². The number of benzene rings is 1. The molecule has 1 aromatic carbocycles. The fourth-order valence-electron chi connectivity index (χ4n) is 4.63. The summed E-state index contributed by atoms with van der Waals surface area (Å²) in [6.07, 6.45) is 6.62. The second-order valence-electron chi connectivity index (χ2n) is 8.91. The van der Waals surface area contributed by atoms with Crippen LogP contribution in [0.2, 0.25) is 0 Å². The summed E-state index contributed by atoms with van der Waals surface area (Å²) in [5.74, 6) is 6.41. The highest BCUT2D eigenvalue weighted by atomic mass is 19.1. The molecule has 2 aliphatic rings. The summed E-state index contributed by atoms with van der Waals surface area (Å²) >= 11 is 0. The Bertz CT molecular complexity index is 1560. The number of hydrogen-bond acceptors (Lipinski definition) is 7. The standard InChI is InChI=1S/C25H22FN7O2/c1-2-21(34)32-9-8-16(12-32)33-24-22(23(27)28-13-29-24)18(31-33)7-6-15-10-19-20(11-17(15)26)35-25(30-19)14-4-3-5-14/h2,10-11,13-14,16H,1,3-5,8-9,12H2,(H2,27,28,29). The van der Waals surface area contributed by atoms with Crippen LogP contribution in [0.4, 0.5) is 10.2 Å². The summed E-state index contributed by atoms with van der Waals surface area (Å²) < 4.78 is 22.3. The van der Waals surface area contributed by atoms with Crippen LogP contribution in [-0.4, -0.2) is 48.6 Å². The van der Waals surface area contributed by atoms with Crippen LogP contribution < -0.4 is 5.73 Å². The van der Waals surface area contributed by atoms with Crippen molar-refractivity contribution in [2.45, 2.75) is 37.6 Å². The fraction of sp³-hybridized carbons (Fsp3) is 0.320. The molecule has 10 heteroatoms. The lowest BCUT2D eigenvalue weighted by Crippen LogP contribution is -2.27. The largest absolute Gasteiger partial charge is 0.440 e. The molecule has 1 aliphatic carbocycles. The number of nitrogen functional groups attached to an aromatic ring is 1. The Morgan fingerprint density at radius 1 is 1.26 bits per heavy atom. The zero-order valence-corrected chi connectivity index (χ0v) is 18.9. The van der Waals surface area contributed by atoms with Gasteiger partial charge in [0, 0.05) is 25.1 Å². The maximum Gasteiger partial charge on any atom is 0.246 e. The minimum Gasteiger partial charge on any atom is -0.440 e. The number of fused-ring (bicyclic) bond motifs is 2. The number of nitrogens with zero attached hydrogens (tertiary/aromatic N) is 6. The van der Waals surface area contributed by atoms with Crippen LogP contribution in [0.1, 0.15) is 54.8 Å². The third kappa shape index (κ3) is 3.60. The quantitative estimate of drug-likeness (QED) is 0.360. The first-order valence-electron chi connectivity index (χ1n) is 11.5. The van der Waals surface area contributed by atoms with Crippen molar-refractivity contribution in [1.82, 2.24) is 29.6 Å². The third-order valence-corrected chi connectivity index (χ3v) is 6.78. The van der Waals surface area contributed by atoms with Crippen molar-refractivity contribution in [3.63, 3.8) is 0 Å². The Morgan fingerprint density at radius 2 is 2.11 bits per heavy atom. The van der Waals surface area contributed by atoms with E-state index in [1.165, 1.54) is 18.5 Å². The zero-order chi connectivity index (χ0) is 24.1. The van der Waals surface area contributed by atoms with Crippen molar-refractivity contribution in [2.75, 3.05) is 18.8 Å². The molecule has 4 aromatic rings. The Hall–Kier alpha value is -4.26. The van der Waals surface area contributed by atoms with E-state index in [0.29, 0.717) is 59.1 Å². The van der Waals surface area contributed by atoms with Crippen molar-refractivity contribution in [1.29, 1.82) is 0 Å². The molecule has 3 aromatic heterocycles. The highest BCUT2D eigenvalue weighted by Crippen LogP contribution is 2.37. The number of amides is 1. The predicted molar refractivity (Wildman–Crippen MR) is 127 cm³/mol. The number of halogens is 1. The molecule has 1 aliphatic heterocycles. The smallest absolute Gasteiger partial charge is 0.246 e. The number of hydrogen-bond donors (Lipinski definition) is 1. The van der Waals surface area contributed by atoms with Crippen LogP contribution in [0, 0.1) is 17.7 Å². The lowest BCUT2D eigenvalue weighted by atomic mass is 9.85. The molecule has 1 saturated heterocycles. The van der Waals surface area contributed by atoms with E-state index in [4.69, 9.17) is 10.2 Å². The van der Waals surface area contributed by atoms with E-state index in [9.17, 15) is 9.18 Å². The van der Waals surface area contributed by atoms with E-state index >= 15 is 0 Å². The summed E-state index contributed by atoms with van der Waals surface area (Å²) in [4.78, 5) is 26.7. The summed E-state index contributed by atoms with van der Waals surface area (Å²) in [7, 11) is 0. The molecule has 1 saturated carbocycles. The Balaban J connectivity index is 1.38. The number of nitrogens with two attached hydrogens (primary N) is 1. The lowest BCUT2D eigenvalue weighted by Gasteiger charge is -2.21. The average molecular weight is 471 g/mol. The first-order valence-corrected chi connectivity index (χ1v) is 11.5. The monoisotopic (exact) mass is 471 g/mol. The molecular weight excluding hydrogens is 449 g/mol. The van der Waals surface area contributed by atoms with E-state index in [1.807, 2.05) is 0 Å². The zero-order valence-electron chi connectivity index (χ0n) is 18.9. The normalized spacial score (nSPS) is 18.0. The second kappa shape index (κ2) is 8.20. The molecule has 1 amide bonds. The summed E-state index contributed by atoms with van der Waals surface area (Å²) in [6, 6.07) is 2.82. The van der Waals surface area contributed by atoms with Crippen LogP contribution in [0.3, 0.4) is 0 Å². The molecule has 0 radical (unpaired) electrons. The minimum absolute atomic E-state index is 0.0978. The van der Waals surface area contributed by atoms with Crippen LogP contribution in [-0.2, 0) is 4.79 Å². The van der Waals surface area contributed by atoms with E-state index < -0.39 is 5.82 Å². The van der Waals surface area contributed by atoms with Gasteiger partial charge in [0.15, 0.2) is 17.1 Å². The van der Waals surface area contributed by atoms with Crippen LogP contribution in [0.15, 0.2) is 35.5 Å². The topological polar surface area (TPSA) is 116 Å². The molecule has 1 atom stereocenters. The number of anilines is 1. The fourth-order valence-corrected chi connectivity index (χ4v) is 4.63. The van der Waals surface area contributed by atoms with Gasteiger partial charge < -0.3 is 15.1 Å². The number of rotatable bonds is 3. The van der Waals surface area contributed by atoms with Crippen molar-refractivity contribution < 1.29 is 13.6 Å². The molecule has 1 unspecified atom stereocenters. The van der Waals surface area contributed by atoms with Gasteiger partial charge in [0.25, 0.3) is 0 Å². The first-order chi connectivity index (χ1) is 17.0. The Kier molecular flexibility index (Phi) is 4.99. The van der Waals surface area contributed by atoms with Crippen LogP contribution in [0.25, 0.3) is 22.1 Å². The highest BCUT2D eigenvalue weighted by molar-refractivity contribution is 5.91. The van der Waals surface area contributed by atoms with Gasteiger partial charge in [-0.25, -0.2) is 24.0 Å². The summed E-state index contributed by atoms with van der Waals surface area (Å²) in [6.45, 7) is 4.61. The van der Waals surface area contributed by atoms with Crippen molar-refractivity contribution in [3.05, 3.63) is 54.1 Å². The number of oxazole rings is 1. The maximum atomic E-state index is 14.8. The van der Waals surface area contributed by atoms with E-state index in [0.717, 1.165) is 19.3 Å². The van der Waals surface area contributed by atoms with Gasteiger partial charge in [-0.1, -0.05) is 18.9 Å². The molecular formula is C25H22FN7O2. The lowest BCUT2D eigenvalue weighted by molar-refractivity contribution is -0.125. The van der Waals surface area contributed by atoms with E-state index in [-0.39, 0.29) is 23.3 Å². The number of likely N-dealkylation sites (tertiary alicyclic amines) is 1. The molecule has 2 fully saturated rings. The molecule has 9 nitrogen and oxygen atoms in total. The number of carbonyl (C=O) groups is 1. The average Bonchev–Trinajstić information content (AvgIpc) is 3.53. The van der Waals surface area contributed by atoms with Crippen molar-refractivity contribution in [2.24, 2.45) is 0 Å². The third-order valence-electron chi connectivity index (χ3n) is 6.78. The van der Waals surface area contributed by atoms with Crippen molar-refractivity contribution in [3.8, 4) is 11.8 Å². The van der Waals surface area contributed by atoms with Gasteiger partial charge in [-0.2, -0.15) is 5.10 Å². The van der Waals surface area contributed by atoms with Crippen LogP contribution in [0.5, 0.6) is 0 Å². The summed E-state index contributed by atoms with van der Waals surface area (Å²) in [5.41, 5.74) is 8.20. The molecule has 35 heavy (non-hydrogen) atoms. The highest BCUT2D eigenvalue weighted by Gasteiger charge is 2.29. The first kappa shape index (κ1) is 21.3. The Morgan fingerprint density at radius 3 is 2.89 bits per heavy atom. The number of aromatic nitrogens is 5. The van der Waals surface area contributed by atoms with Crippen molar-refractivity contribution >= 4 is 33.9 Å². The molecule has 6 rings (SSSR count). The molecule has 0 spiro atoms. The molecule has 0 bridgehead atoms. The second-order valence-corrected chi connectivity index (χ2v) is 8.91. The van der Waals surface area contributed by atoms with E-state index in [1.54, 1.807) is 15.6 Å². The minimum atomic E-state index is -0.497. The summed E-state index contributed by atoms with van der Waals surface area (Å²) in [5, 5.41) is 5.15. The van der Waals surface area contributed by atoms with Gasteiger partial charge in [0.1, 0.15) is 29.2 Å². The SMILES string of the molecule is C=CC(=O)N1CCC(n2nc(C#Cc3cc4nc(C5CCC5)oc4cc3F)c3c(N)ncnc32)C1. The van der Waals surface area contributed by atoms with Gasteiger partial charge in [-0.3, -0.25) is 4.79 Å². The molecule has 176 valence electrons. The Labute approximate surface area is 199 Å². The molecule has 2 N–H and O–H groups in total. The van der Waals surface area contributed by atoms with Gasteiger partial charge in [0.2, 0.25) is 5.91 Å². The number of carbonyl (C=O) groups excluding carboxylic acids is 1. The molecule has 4 heterocycles.